The Morgan fingerprint density at radius 1 is 1.06 bits per heavy atom. The van der Waals surface area contributed by atoms with Crippen molar-refractivity contribution in [1.29, 1.82) is 0 Å². The van der Waals surface area contributed by atoms with Crippen molar-refractivity contribution >= 4 is 5.69 Å². The van der Waals surface area contributed by atoms with Crippen LogP contribution in [0.25, 0.3) is 17.1 Å². The van der Waals surface area contributed by atoms with Gasteiger partial charge in [-0.1, -0.05) is 13.8 Å². The van der Waals surface area contributed by atoms with Crippen molar-refractivity contribution in [3.8, 4) is 34.3 Å². The Kier molecular flexibility index (Phi) is 5.82. The molecule has 0 saturated carbocycles. The van der Waals surface area contributed by atoms with Gasteiger partial charge in [0, 0.05) is 44.0 Å². The first-order chi connectivity index (χ1) is 16.0. The van der Waals surface area contributed by atoms with E-state index >= 15 is 0 Å². The third-order valence-electron chi connectivity index (χ3n) is 6.16. The summed E-state index contributed by atoms with van der Waals surface area (Å²) in [6.07, 6.45) is 0. The number of hydrogen-bond donors (Lipinski definition) is 3. The highest BCUT2D eigenvalue weighted by molar-refractivity contribution is 5.71. The van der Waals surface area contributed by atoms with E-state index in [4.69, 9.17) is 9.47 Å². The Balaban J connectivity index is 1.41. The zero-order chi connectivity index (χ0) is 22.9. The Morgan fingerprint density at radius 2 is 1.88 bits per heavy atom. The van der Waals surface area contributed by atoms with Crippen molar-refractivity contribution in [3.63, 3.8) is 0 Å². The van der Waals surface area contributed by atoms with E-state index in [0.29, 0.717) is 17.2 Å². The number of aromatic nitrogens is 3. The Hall–Kier alpha value is -3.30. The molecule has 33 heavy (non-hydrogen) atoms. The number of benzene rings is 2. The molecule has 0 atom stereocenters. The summed E-state index contributed by atoms with van der Waals surface area (Å²) in [6.45, 7) is 9.59. The van der Waals surface area contributed by atoms with Gasteiger partial charge in [0.15, 0.2) is 11.6 Å². The van der Waals surface area contributed by atoms with Crippen molar-refractivity contribution < 1.29 is 19.7 Å². The normalized spacial score (nSPS) is 15.7. The lowest BCUT2D eigenvalue weighted by Gasteiger charge is -2.26. The van der Waals surface area contributed by atoms with E-state index in [0.717, 1.165) is 62.1 Å². The fourth-order valence-electron chi connectivity index (χ4n) is 4.32. The van der Waals surface area contributed by atoms with Gasteiger partial charge in [0.2, 0.25) is 0 Å². The van der Waals surface area contributed by atoms with Crippen molar-refractivity contribution in [2.45, 2.75) is 26.4 Å². The second-order valence-electron chi connectivity index (χ2n) is 8.71. The molecule has 0 radical (unpaired) electrons. The topological polar surface area (TPSA) is 105 Å². The quantitative estimate of drug-likeness (QED) is 0.525. The first-order valence-electron chi connectivity index (χ1n) is 11.3. The van der Waals surface area contributed by atoms with Crippen molar-refractivity contribution in [1.82, 2.24) is 19.7 Å². The van der Waals surface area contributed by atoms with E-state index < -0.39 is 0 Å². The summed E-state index contributed by atoms with van der Waals surface area (Å²) >= 11 is 0. The number of rotatable bonds is 6. The first kappa shape index (κ1) is 21.5. The van der Waals surface area contributed by atoms with Gasteiger partial charge < -0.3 is 25.0 Å². The molecule has 1 saturated heterocycles. The minimum Gasteiger partial charge on any atom is -0.508 e. The summed E-state index contributed by atoms with van der Waals surface area (Å²) < 4.78 is 13.3. The molecule has 3 aromatic rings. The van der Waals surface area contributed by atoms with Gasteiger partial charge in [-0.05, 0) is 29.7 Å². The number of anilines is 1. The maximum atomic E-state index is 10.6. The molecular weight excluding hydrogens is 422 g/mol. The summed E-state index contributed by atoms with van der Waals surface area (Å²) in [7, 11) is 0. The van der Waals surface area contributed by atoms with Gasteiger partial charge in [-0.2, -0.15) is 0 Å². The van der Waals surface area contributed by atoms with Crippen LogP contribution in [-0.2, 0) is 11.3 Å². The van der Waals surface area contributed by atoms with Crippen LogP contribution in [0.3, 0.4) is 0 Å². The molecule has 0 unspecified atom stereocenters. The van der Waals surface area contributed by atoms with Gasteiger partial charge in [0.25, 0.3) is 0 Å². The van der Waals surface area contributed by atoms with Gasteiger partial charge in [-0.25, -0.2) is 0 Å². The van der Waals surface area contributed by atoms with Crippen LogP contribution in [0.4, 0.5) is 5.69 Å². The molecule has 174 valence electrons. The number of aromatic hydroxyl groups is 2. The fourth-order valence-corrected chi connectivity index (χ4v) is 4.32. The van der Waals surface area contributed by atoms with Gasteiger partial charge in [-0.15, -0.1) is 10.2 Å². The molecule has 3 N–H and O–H groups in total. The Morgan fingerprint density at radius 3 is 2.67 bits per heavy atom. The third-order valence-corrected chi connectivity index (χ3v) is 6.16. The Bertz CT molecular complexity index is 1150. The number of hydrogen-bond acceptors (Lipinski definition) is 8. The zero-order valence-electron chi connectivity index (χ0n) is 18.9. The number of nitrogens with zero attached hydrogens (tertiary/aromatic N) is 4. The highest BCUT2D eigenvalue weighted by Crippen LogP contribution is 2.40. The monoisotopic (exact) mass is 451 g/mol. The summed E-state index contributed by atoms with van der Waals surface area (Å²) in [4.78, 5) is 2.39. The van der Waals surface area contributed by atoms with Crippen molar-refractivity contribution in [3.05, 3.63) is 41.7 Å². The summed E-state index contributed by atoms with van der Waals surface area (Å²) in [5.41, 5.74) is 3.06. The largest absolute Gasteiger partial charge is 0.508 e. The maximum Gasteiger partial charge on any atom is 0.176 e. The minimum absolute atomic E-state index is 0.0402. The molecule has 3 heterocycles. The molecule has 9 nitrogen and oxygen atoms in total. The molecule has 0 bridgehead atoms. The molecule has 2 aromatic carbocycles. The second-order valence-corrected chi connectivity index (χ2v) is 8.71. The predicted octanol–water partition coefficient (Wildman–Crippen LogP) is 3.11. The van der Waals surface area contributed by atoms with E-state index in [1.54, 1.807) is 6.07 Å². The van der Waals surface area contributed by atoms with Gasteiger partial charge in [0.05, 0.1) is 24.5 Å². The number of phenols is 2. The SMILES string of the molecule is CC(C)c1cc(-c2nnc3n2-c2ccc(NCCN4CCOCC4)cc2OC3)c(O)cc1O. The summed E-state index contributed by atoms with van der Waals surface area (Å²) in [5.74, 6) is 2.02. The zero-order valence-corrected chi connectivity index (χ0v) is 18.9. The van der Waals surface area contributed by atoms with Crippen molar-refractivity contribution in [2.75, 3.05) is 44.7 Å². The smallest absolute Gasteiger partial charge is 0.176 e. The third kappa shape index (κ3) is 4.21. The number of ether oxygens (including phenoxy) is 2. The van der Waals surface area contributed by atoms with Crippen LogP contribution in [0.15, 0.2) is 30.3 Å². The van der Waals surface area contributed by atoms with E-state index in [9.17, 15) is 10.2 Å². The standard InChI is InChI=1S/C24H29N5O4/c1-15(2)17-12-18(21(31)13-20(17)30)24-27-26-23-14-33-22-11-16(3-4-19(22)29(23)24)25-5-6-28-7-9-32-10-8-28/h3-4,11-13,15,25,30-31H,5-10,14H2,1-2H3. The van der Waals surface area contributed by atoms with Gasteiger partial charge in [0.1, 0.15) is 23.9 Å². The molecule has 9 heteroatoms. The molecule has 2 aliphatic rings. The molecule has 2 aliphatic heterocycles. The first-order valence-corrected chi connectivity index (χ1v) is 11.3. The van der Waals surface area contributed by atoms with Crippen LogP contribution < -0.4 is 10.1 Å². The van der Waals surface area contributed by atoms with Crippen LogP contribution in [0.5, 0.6) is 17.2 Å². The minimum atomic E-state index is -0.0402. The number of nitrogens with one attached hydrogen (secondary N) is 1. The van der Waals surface area contributed by atoms with Crippen LogP contribution >= 0.6 is 0 Å². The lowest BCUT2D eigenvalue weighted by molar-refractivity contribution is 0.0398. The fraction of sp³-hybridized carbons (Fsp3) is 0.417. The lowest BCUT2D eigenvalue weighted by Crippen LogP contribution is -2.39. The maximum absolute atomic E-state index is 10.6. The average Bonchev–Trinajstić information content (AvgIpc) is 3.24. The number of phenolic OH excluding ortho intramolecular Hbond substituents is 2. The van der Waals surface area contributed by atoms with E-state index in [1.165, 1.54) is 6.07 Å². The predicted molar refractivity (Wildman–Crippen MR) is 124 cm³/mol. The number of fused-ring (bicyclic) bond motifs is 3. The molecule has 0 aliphatic carbocycles. The molecule has 1 aromatic heterocycles. The van der Waals surface area contributed by atoms with Crippen molar-refractivity contribution in [2.24, 2.45) is 0 Å². The van der Waals surface area contributed by atoms with Gasteiger partial charge >= 0.3 is 0 Å². The van der Waals surface area contributed by atoms with E-state index in [2.05, 4.69) is 20.4 Å². The van der Waals surface area contributed by atoms with Crippen LogP contribution in [0, 0.1) is 0 Å². The highest BCUT2D eigenvalue weighted by atomic mass is 16.5. The lowest BCUT2D eigenvalue weighted by atomic mass is 9.98. The van der Waals surface area contributed by atoms with Crippen LogP contribution in [0.2, 0.25) is 0 Å². The molecule has 0 amide bonds. The molecule has 0 spiro atoms. The highest BCUT2D eigenvalue weighted by Gasteiger charge is 2.26. The van der Waals surface area contributed by atoms with Crippen LogP contribution in [-0.4, -0.2) is 69.3 Å². The second kappa shape index (κ2) is 8.92. The molecular formula is C24H29N5O4. The molecule has 5 rings (SSSR count). The Labute approximate surface area is 192 Å². The number of morpholine rings is 1. The summed E-state index contributed by atoms with van der Waals surface area (Å²) in [6, 6.07) is 9.12. The van der Waals surface area contributed by atoms with E-state index in [1.807, 2.05) is 36.6 Å². The van der Waals surface area contributed by atoms with Crippen LogP contribution in [0.1, 0.15) is 31.2 Å². The summed E-state index contributed by atoms with van der Waals surface area (Å²) in [5, 5.41) is 32.9. The van der Waals surface area contributed by atoms with E-state index in [-0.39, 0.29) is 24.0 Å². The molecule has 1 fully saturated rings. The average molecular weight is 452 g/mol. The van der Waals surface area contributed by atoms with Gasteiger partial charge in [-0.3, -0.25) is 9.47 Å².